The van der Waals surface area contributed by atoms with Crippen LogP contribution in [0.4, 0.5) is 0 Å². The van der Waals surface area contributed by atoms with Gasteiger partial charge in [-0.2, -0.15) is 0 Å². The Balaban J connectivity index is 1.23. The number of rotatable bonds is 4. The molecule has 29 heavy (non-hydrogen) atoms. The molecule has 2 aliphatic heterocycles. The van der Waals surface area contributed by atoms with Gasteiger partial charge in [0.2, 0.25) is 0 Å². The second-order valence-corrected chi connectivity index (χ2v) is 8.44. The van der Waals surface area contributed by atoms with Crippen molar-refractivity contribution in [2.45, 2.75) is 25.2 Å². The molecule has 0 aliphatic carbocycles. The number of fused-ring (bicyclic) bond motifs is 2. The topological polar surface area (TPSA) is 57.4 Å². The zero-order valence-electron chi connectivity index (χ0n) is 16.6. The summed E-state index contributed by atoms with van der Waals surface area (Å²) in [5.41, 5.74) is 2.38. The quantitative estimate of drug-likeness (QED) is 0.527. The number of benzene rings is 1. The van der Waals surface area contributed by atoms with Gasteiger partial charge in [0.1, 0.15) is 0 Å². The maximum absolute atomic E-state index is 6.11. The minimum absolute atomic E-state index is 0.226. The summed E-state index contributed by atoms with van der Waals surface area (Å²) in [5, 5.41) is 5.53. The minimum atomic E-state index is 0.226. The Hall–Kier alpha value is -2.42. The summed E-state index contributed by atoms with van der Waals surface area (Å²) in [6.45, 7) is 5.20. The fourth-order valence-electron chi connectivity index (χ4n) is 4.31. The van der Waals surface area contributed by atoms with Gasteiger partial charge < -0.3 is 15.0 Å². The van der Waals surface area contributed by atoms with Crippen LogP contribution in [0.1, 0.15) is 11.3 Å². The molecule has 0 radical (unpaired) electrons. The molecular formula is C21H26N6OS. The van der Waals surface area contributed by atoms with E-state index in [2.05, 4.69) is 66.0 Å². The molecule has 0 saturated carbocycles. The number of hydrogen-bond acceptors (Lipinski definition) is 5. The highest BCUT2D eigenvalue weighted by atomic mass is 32.1. The fourth-order valence-corrected chi connectivity index (χ4v) is 5.03. The lowest BCUT2D eigenvalue weighted by Gasteiger charge is -2.36. The lowest BCUT2D eigenvalue weighted by molar-refractivity contribution is -0.0502. The molecule has 7 nitrogen and oxygen atoms in total. The highest BCUT2D eigenvalue weighted by Crippen LogP contribution is 2.24. The Bertz CT molecular complexity index is 955. The first kappa shape index (κ1) is 18.6. The lowest BCUT2D eigenvalue weighted by atomic mass is 10.1. The molecule has 4 heterocycles. The Morgan fingerprint density at radius 3 is 3.03 bits per heavy atom. The molecule has 2 aliphatic rings. The fraction of sp³-hybridized carbons (Fsp3) is 0.429. The van der Waals surface area contributed by atoms with E-state index in [9.17, 15) is 0 Å². The highest BCUT2D eigenvalue weighted by Gasteiger charge is 2.41. The summed E-state index contributed by atoms with van der Waals surface area (Å²) >= 11 is 1.65. The second kappa shape index (κ2) is 8.14. The number of nitrogens with zero attached hydrogens (tertiary/aromatic N) is 5. The van der Waals surface area contributed by atoms with Crippen LogP contribution >= 0.6 is 11.3 Å². The Morgan fingerprint density at radius 2 is 2.21 bits per heavy atom. The minimum Gasteiger partial charge on any atom is -0.373 e. The molecule has 1 aromatic carbocycles. The van der Waals surface area contributed by atoms with Crippen molar-refractivity contribution in [2.75, 3.05) is 33.3 Å². The molecule has 152 valence electrons. The molecule has 5 rings (SSSR count). The number of imidazole rings is 1. The van der Waals surface area contributed by atoms with Crippen LogP contribution in [-0.4, -0.2) is 70.6 Å². The molecule has 3 aromatic rings. The van der Waals surface area contributed by atoms with E-state index >= 15 is 0 Å². The molecule has 2 atom stereocenters. The third-order valence-corrected chi connectivity index (χ3v) is 6.50. The van der Waals surface area contributed by atoms with Gasteiger partial charge in [-0.25, -0.2) is 4.98 Å². The summed E-state index contributed by atoms with van der Waals surface area (Å²) in [6, 6.07) is 11.1. The van der Waals surface area contributed by atoms with Gasteiger partial charge in [0.05, 0.1) is 31.0 Å². The van der Waals surface area contributed by atoms with Gasteiger partial charge >= 0.3 is 0 Å². The summed E-state index contributed by atoms with van der Waals surface area (Å²) in [7, 11) is 1.85. The maximum atomic E-state index is 6.11. The van der Waals surface area contributed by atoms with E-state index < -0.39 is 0 Å². The Kier molecular flexibility index (Phi) is 5.22. The summed E-state index contributed by atoms with van der Waals surface area (Å²) in [4.78, 5) is 15.1. The van der Waals surface area contributed by atoms with E-state index in [4.69, 9.17) is 4.74 Å². The molecule has 1 N–H and O–H groups in total. The maximum Gasteiger partial charge on any atom is 0.194 e. The second-order valence-electron chi connectivity index (χ2n) is 7.56. The molecule has 2 saturated heterocycles. The molecule has 2 fully saturated rings. The van der Waals surface area contributed by atoms with E-state index in [1.807, 2.05) is 18.6 Å². The van der Waals surface area contributed by atoms with Crippen molar-refractivity contribution >= 4 is 22.3 Å². The number of nitrogens with one attached hydrogen (secondary N) is 1. The van der Waals surface area contributed by atoms with Crippen LogP contribution in [0.2, 0.25) is 0 Å². The van der Waals surface area contributed by atoms with Gasteiger partial charge in [-0.15, -0.1) is 11.3 Å². The van der Waals surface area contributed by atoms with Gasteiger partial charge in [0, 0.05) is 51.0 Å². The smallest absolute Gasteiger partial charge is 0.194 e. The van der Waals surface area contributed by atoms with Crippen molar-refractivity contribution in [3.8, 4) is 0 Å². The molecule has 8 heteroatoms. The molecule has 2 aromatic heterocycles. The molecule has 0 bridgehead atoms. The van der Waals surface area contributed by atoms with E-state index in [1.165, 1.54) is 5.56 Å². The first-order chi connectivity index (χ1) is 14.3. The summed E-state index contributed by atoms with van der Waals surface area (Å²) in [5.74, 6) is 0.916. The van der Waals surface area contributed by atoms with Crippen molar-refractivity contribution in [3.63, 3.8) is 0 Å². The van der Waals surface area contributed by atoms with Gasteiger partial charge in [0.15, 0.2) is 10.9 Å². The number of ether oxygens (including phenoxy) is 1. The van der Waals surface area contributed by atoms with Gasteiger partial charge in [0.25, 0.3) is 0 Å². The van der Waals surface area contributed by atoms with Crippen molar-refractivity contribution in [2.24, 2.45) is 4.99 Å². The van der Waals surface area contributed by atoms with E-state index in [0.29, 0.717) is 12.6 Å². The van der Waals surface area contributed by atoms with Crippen LogP contribution in [0, 0.1) is 0 Å². The monoisotopic (exact) mass is 410 g/mol. The van der Waals surface area contributed by atoms with Gasteiger partial charge in [-0.05, 0) is 5.56 Å². The number of likely N-dealkylation sites (tertiary alicyclic amines) is 1. The van der Waals surface area contributed by atoms with Crippen molar-refractivity contribution in [3.05, 3.63) is 59.4 Å². The SMILES string of the molecule is CN=C(NCc1cn2ccsc2n1)N1CC2OCCN(Cc3ccccc3)C2C1. The Morgan fingerprint density at radius 1 is 1.31 bits per heavy atom. The average molecular weight is 411 g/mol. The van der Waals surface area contributed by atoms with Gasteiger partial charge in [-0.1, -0.05) is 30.3 Å². The number of aliphatic imine (C=N–C) groups is 1. The van der Waals surface area contributed by atoms with Crippen molar-refractivity contribution in [1.82, 2.24) is 24.5 Å². The van der Waals surface area contributed by atoms with Crippen molar-refractivity contribution in [1.29, 1.82) is 0 Å². The third-order valence-electron chi connectivity index (χ3n) is 5.73. The largest absolute Gasteiger partial charge is 0.373 e. The first-order valence-corrected chi connectivity index (χ1v) is 10.9. The van der Waals surface area contributed by atoms with Crippen LogP contribution < -0.4 is 5.32 Å². The van der Waals surface area contributed by atoms with Crippen LogP contribution in [0.3, 0.4) is 0 Å². The molecule has 2 unspecified atom stereocenters. The predicted molar refractivity (Wildman–Crippen MR) is 115 cm³/mol. The standard InChI is InChI=1S/C21H26N6OS/c1-22-20(23-11-17-13-26-8-10-29-21(26)24-17)27-14-18-19(15-27)28-9-7-25(18)12-16-5-3-2-4-6-16/h2-6,8,10,13,18-19H,7,9,11-12,14-15H2,1H3,(H,22,23). The number of aromatic nitrogens is 2. The van der Waals surface area contributed by atoms with Crippen LogP contribution in [0.25, 0.3) is 4.96 Å². The van der Waals surface area contributed by atoms with E-state index in [0.717, 1.165) is 49.4 Å². The molecule has 0 amide bonds. The average Bonchev–Trinajstić information content (AvgIpc) is 3.44. The van der Waals surface area contributed by atoms with E-state index in [-0.39, 0.29) is 6.10 Å². The Labute approximate surface area is 174 Å². The number of morpholine rings is 1. The van der Waals surface area contributed by atoms with Crippen LogP contribution in [0.15, 0.2) is 53.1 Å². The molecule has 0 spiro atoms. The van der Waals surface area contributed by atoms with Crippen LogP contribution in [-0.2, 0) is 17.8 Å². The predicted octanol–water partition coefficient (Wildman–Crippen LogP) is 2.06. The molecular weight excluding hydrogens is 384 g/mol. The lowest BCUT2D eigenvalue weighted by Crippen LogP contribution is -2.50. The van der Waals surface area contributed by atoms with Gasteiger partial charge in [-0.3, -0.25) is 14.3 Å². The third kappa shape index (κ3) is 3.88. The summed E-state index contributed by atoms with van der Waals surface area (Å²) < 4.78 is 8.17. The van der Waals surface area contributed by atoms with Crippen LogP contribution in [0.5, 0.6) is 0 Å². The normalized spacial score (nSPS) is 22.9. The zero-order chi connectivity index (χ0) is 19.6. The number of thiazole rings is 1. The summed E-state index contributed by atoms with van der Waals surface area (Å²) in [6.07, 6.45) is 4.33. The number of guanidine groups is 1. The highest BCUT2D eigenvalue weighted by molar-refractivity contribution is 7.15. The zero-order valence-corrected chi connectivity index (χ0v) is 17.4. The van der Waals surface area contributed by atoms with E-state index in [1.54, 1.807) is 11.3 Å². The first-order valence-electron chi connectivity index (χ1n) is 10.1. The number of hydrogen-bond donors (Lipinski definition) is 1. The van der Waals surface area contributed by atoms with Crippen molar-refractivity contribution < 1.29 is 4.74 Å².